The molecule has 2 aromatic heterocycles. The van der Waals surface area contributed by atoms with Gasteiger partial charge in [0, 0.05) is 62.6 Å². The highest BCUT2D eigenvalue weighted by molar-refractivity contribution is 7.13. The van der Waals surface area contributed by atoms with Crippen molar-refractivity contribution in [3.8, 4) is 10.6 Å². The first-order valence-electron chi connectivity index (χ1n) is 8.35. The maximum Gasteiger partial charge on any atom is 0.270 e. The zero-order chi connectivity index (χ0) is 16.8. The van der Waals surface area contributed by atoms with Crippen molar-refractivity contribution in [2.75, 3.05) is 45.8 Å². The molecule has 2 aromatic rings. The molecule has 0 spiro atoms. The fourth-order valence-electron chi connectivity index (χ4n) is 2.75. The Bertz CT molecular complexity index is 652. The van der Waals surface area contributed by atoms with Gasteiger partial charge in [-0.05, 0) is 18.7 Å². The summed E-state index contributed by atoms with van der Waals surface area (Å²) in [6.45, 7) is 9.26. The van der Waals surface area contributed by atoms with Crippen LogP contribution in [0, 0.1) is 0 Å². The topological polar surface area (TPSA) is 61.4 Å². The number of hydrogen-bond donors (Lipinski definition) is 1. The summed E-state index contributed by atoms with van der Waals surface area (Å²) in [5.41, 5.74) is 1.48. The van der Waals surface area contributed by atoms with Crippen LogP contribution in [-0.2, 0) is 0 Å². The Morgan fingerprint density at radius 1 is 1.21 bits per heavy atom. The van der Waals surface area contributed by atoms with Crippen molar-refractivity contribution < 1.29 is 4.79 Å². The number of amides is 1. The Balaban J connectivity index is 1.45. The molecule has 1 aliphatic rings. The molecule has 1 amide bonds. The average Bonchev–Trinajstić information content (AvgIpc) is 3.13. The van der Waals surface area contributed by atoms with Gasteiger partial charge in [0.2, 0.25) is 0 Å². The minimum atomic E-state index is -0.0984. The Kier molecular flexibility index (Phi) is 5.90. The van der Waals surface area contributed by atoms with Gasteiger partial charge in [0.1, 0.15) is 10.7 Å². The highest BCUT2D eigenvalue weighted by atomic mass is 32.1. The van der Waals surface area contributed by atoms with Gasteiger partial charge in [-0.25, -0.2) is 4.98 Å². The quantitative estimate of drug-likeness (QED) is 0.861. The first-order chi connectivity index (χ1) is 11.8. The number of nitrogens with one attached hydrogen (secondary N) is 1. The van der Waals surface area contributed by atoms with Crippen LogP contribution in [0.3, 0.4) is 0 Å². The van der Waals surface area contributed by atoms with Gasteiger partial charge in [-0.2, -0.15) is 0 Å². The van der Waals surface area contributed by atoms with Crippen molar-refractivity contribution in [3.05, 3.63) is 35.6 Å². The second kappa shape index (κ2) is 8.32. The van der Waals surface area contributed by atoms with Crippen LogP contribution in [0.5, 0.6) is 0 Å². The molecule has 1 aliphatic heterocycles. The molecule has 0 aliphatic carbocycles. The van der Waals surface area contributed by atoms with Gasteiger partial charge >= 0.3 is 0 Å². The van der Waals surface area contributed by atoms with Gasteiger partial charge in [0.05, 0.1) is 0 Å². The first kappa shape index (κ1) is 17.0. The molecule has 0 bridgehead atoms. The largest absolute Gasteiger partial charge is 0.349 e. The van der Waals surface area contributed by atoms with Crippen LogP contribution in [-0.4, -0.2) is 71.5 Å². The summed E-state index contributed by atoms with van der Waals surface area (Å²) < 4.78 is 0. The number of carbonyl (C=O) groups excluding carboxylic acids is 1. The van der Waals surface area contributed by atoms with Gasteiger partial charge in [-0.3, -0.25) is 14.7 Å². The lowest BCUT2D eigenvalue weighted by atomic mass is 10.3. The number of likely N-dealkylation sites (N-methyl/N-ethyl adjacent to an activating group) is 1. The van der Waals surface area contributed by atoms with E-state index in [2.05, 4.69) is 32.0 Å². The average molecular weight is 345 g/mol. The number of rotatable bonds is 6. The molecule has 128 valence electrons. The van der Waals surface area contributed by atoms with Gasteiger partial charge in [0.15, 0.2) is 0 Å². The zero-order valence-corrected chi connectivity index (χ0v) is 14.8. The van der Waals surface area contributed by atoms with E-state index in [0.717, 1.165) is 49.8 Å². The van der Waals surface area contributed by atoms with Gasteiger partial charge in [-0.15, -0.1) is 11.3 Å². The Hall–Kier alpha value is -1.83. The predicted molar refractivity (Wildman–Crippen MR) is 96.2 cm³/mol. The van der Waals surface area contributed by atoms with Gasteiger partial charge in [-0.1, -0.05) is 6.92 Å². The standard InChI is InChI=1S/C17H23N5OS/c1-2-21-9-11-22(12-10-21)8-7-19-16(23)15-13-24-17(20-15)14-3-5-18-6-4-14/h3-6,13H,2,7-12H2,1H3,(H,19,23). The van der Waals surface area contributed by atoms with Crippen LogP contribution in [0.15, 0.2) is 29.9 Å². The number of pyridine rings is 1. The summed E-state index contributed by atoms with van der Waals surface area (Å²) in [4.78, 5) is 25.5. The van der Waals surface area contributed by atoms with Crippen LogP contribution in [0.2, 0.25) is 0 Å². The molecule has 1 fully saturated rings. The Morgan fingerprint density at radius 3 is 2.62 bits per heavy atom. The third kappa shape index (κ3) is 4.37. The minimum absolute atomic E-state index is 0.0984. The highest BCUT2D eigenvalue weighted by Gasteiger charge is 2.16. The first-order valence-corrected chi connectivity index (χ1v) is 9.23. The van der Waals surface area contributed by atoms with E-state index in [9.17, 15) is 4.79 Å². The monoisotopic (exact) mass is 345 g/mol. The van der Waals surface area contributed by atoms with Gasteiger partial charge in [0.25, 0.3) is 5.91 Å². The van der Waals surface area contributed by atoms with E-state index in [1.165, 1.54) is 11.3 Å². The summed E-state index contributed by atoms with van der Waals surface area (Å²) in [6, 6.07) is 3.80. The van der Waals surface area contributed by atoms with Crippen molar-refractivity contribution in [1.82, 2.24) is 25.1 Å². The van der Waals surface area contributed by atoms with Crippen LogP contribution in [0.25, 0.3) is 10.6 Å². The smallest absolute Gasteiger partial charge is 0.270 e. The molecule has 7 heteroatoms. The maximum absolute atomic E-state index is 12.2. The highest BCUT2D eigenvalue weighted by Crippen LogP contribution is 2.22. The van der Waals surface area contributed by atoms with Crippen molar-refractivity contribution in [3.63, 3.8) is 0 Å². The SMILES string of the molecule is CCN1CCN(CCNC(=O)c2csc(-c3ccncc3)n2)CC1. The summed E-state index contributed by atoms with van der Waals surface area (Å²) in [5, 5.41) is 5.63. The summed E-state index contributed by atoms with van der Waals surface area (Å²) >= 11 is 1.48. The molecule has 0 saturated carbocycles. The van der Waals surface area contributed by atoms with Crippen LogP contribution < -0.4 is 5.32 Å². The number of nitrogens with zero attached hydrogens (tertiary/aromatic N) is 4. The number of carbonyl (C=O) groups is 1. The van der Waals surface area contributed by atoms with E-state index in [1.807, 2.05) is 17.5 Å². The molecule has 1 saturated heterocycles. The van der Waals surface area contributed by atoms with E-state index in [1.54, 1.807) is 12.4 Å². The molecule has 0 unspecified atom stereocenters. The fraction of sp³-hybridized carbons (Fsp3) is 0.471. The van der Waals surface area contributed by atoms with Crippen LogP contribution >= 0.6 is 11.3 Å². The molecule has 3 heterocycles. The number of hydrogen-bond acceptors (Lipinski definition) is 6. The molecule has 6 nitrogen and oxygen atoms in total. The van der Waals surface area contributed by atoms with E-state index in [0.29, 0.717) is 12.2 Å². The Morgan fingerprint density at radius 2 is 1.92 bits per heavy atom. The second-order valence-corrected chi connectivity index (χ2v) is 6.66. The number of piperazine rings is 1. The lowest BCUT2D eigenvalue weighted by Gasteiger charge is -2.33. The molecular weight excluding hydrogens is 322 g/mol. The fourth-order valence-corrected chi connectivity index (χ4v) is 3.56. The molecule has 0 radical (unpaired) electrons. The normalized spacial score (nSPS) is 16.2. The van der Waals surface area contributed by atoms with Crippen molar-refractivity contribution >= 4 is 17.2 Å². The molecule has 24 heavy (non-hydrogen) atoms. The van der Waals surface area contributed by atoms with E-state index >= 15 is 0 Å². The van der Waals surface area contributed by atoms with Crippen molar-refractivity contribution in [2.24, 2.45) is 0 Å². The van der Waals surface area contributed by atoms with Crippen LogP contribution in [0.1, 0.15) is 17.4 Å². The molecule has 3 rings (SSSR count). The zero-order valence-electron chi connectivity index (χ0n) is 13.9. The lowest BCUT2D eigenvalue weighted by Crippen LogP contribution is -2.48. The molecule has 0 atom stereocenters. The third-order valence-corrected chi connectivity index (χ3v) is 5.18. The third-order valence-electron chi connectivity index (χ3n) is 4.29. The summed E-state index contributed by atoms with van der Waals surface area (Å²) in [5.74, 6) is -0.0984. The molecule has 1 N–H and O–H groups in total. The second-order valence-electron chi connectivity index (χ2n) is 5.81. The Labute approximate surface area is 146 Å². The molecular formula is C17H23N5OS. The van der Waals surface area contributed by atoms with E-state index in [4.69, 9.17) is 0 Å². The van der Waals surface area contributed by atoms with Crippen molar-refractivity contribution in [2.45, 2.75) is 6.92 Å². The number of aromatic nitrogens is 2. The minimum Gasteiger partial charge on any atom is -0.349 e. The summed E-state index contributed by atoms with van der Waals surface area (Å²) in [7, 11) is 0. The van der Waals surface area contributed by atoms with Crippen molar-refractivity contribution in [1.29, 1.82) is 0 Å². The van der Waals surface area contributed by atoms with E-state index in [-0.39, 0.29) is 5.91 Å². The number of thiazole rings is 1. The predicted octanol–water partition coefficient (Wildman–Crippen LogP) is 1.57. The van der Waals surface area contributed by atoms with E-state index < -0.39 is 0 Å². The summed E-state index contributed by atoms with van der Waals surface area (Å²) in [6.07, 6.45) is 3.46. The van der Waals surface area contributed by atoms with Crippen LogP contribution in [0.4, 0.5) is 0 Å². The lowest BCUT2D eigenvalue weighted by molar-refractivity contribution is 0.0933. The maximum atomic E-state index is 12.2. The van der Waals surface area contributed by atoms with Gasteiger partial charge < -0.3 is 10.2 Å². The molecule has 0 aromatic carbocycles.